The third-order valence-electron chi connectivity index (χ3n) is 10.7. The van der Waals surface area contributed by atoms with Crippen molar-refractivity contribution in [2.24, 2.45) is 0 Å². The van der Waals surface area contributed by atoms with E-state index in [-0.39, 0.29) is 0 Å². The summed E-state index contributed by atoms with van der Waals surface area (Å²) in [6.45, 7) is 4.34. The topological polar surface area (TPSA) is 38.7 Å². The van der Waals surface area contributed by atoms with Crippen LogP contribution in [0, 0.1) is 13.8 Å². The van der Waals surface area contributed by atoms with Gasteiger partial charge in [0.15, 0.2) is 17.5 Å². The van der Waals surface area contributed by atoms with Crippen LogP contribution in [-0.4, -0.2) is 15.0 Å². The van der Waals surface area contributed by atoms with E-state index in [1.807, 2.05) is 60.7 Å². The van der Waals surface area contributed by atoms with Gasteiger partial charge in [0, 0.05) is 16.7 Å². The third kappa shape index (κ3) is 6.19. The molecule has 0 saturated heterocycles. The molecule has 0 spiro atoms. The lowest BCUT2D eigenvalue weighted by molar-refractivity contribution is 1.07. The maximum absolute atomic E-state index is 4.98. The van der Waals surface area contributed by atoms with Crippen molar-refractivity contribution in [2.75, 3.05) is 0 Å². The molecule has 3 heteroatoms. The Morgan fingerprint density at radius 3 is 1.09 bits per heavy atom. The Labute approximate surface area is 326 Å². The highest BCUT2D eigenvalue weighted by molar-refractivity contribution is 6.26. The number of aryl methyl sites for hydroxylation is 2. The van der Waals surface area contributed by atoms with Gasteiger partial charge in [0.1, 0.15) is 0 Å². The standard InChI is InChI=1S/C53H37N3/c1-34-27-35(2)29-44(28-34)42-24-26-48-47-25-23-41(32-49(47)45-21-9-10-22-46(45)50(48)33-42)39-18-11-17-38(30-39)40-19-12-20-43(31-40)53-55-51(36-13-5-3-6-14-36)54-52(56-53)37-15-7-4-8-16-37/h3-33H,1-2H3. The zero-order valence-electron chi connectivity index (χ0n) is 31.2. The molecule has 56 heavy (non-hydrogen) atoms. The lowest BCUT2D eigenvalue weighted by atomic mass is 9.89. The molecule has 0 radical (unpaired) electrons. The minimum atomic E-state index is 0.644. The largest absolute Gasteiger partial charge is 0.208 e. The maximum atomic E-state index is 4.98. The first-order chi connectivity index (χ1) is 27.5. The summed E-state index contributed by atoms with van der Waals surface area (Å²) in [5.41, 5.74) is 12.5. The van der Waals surface area contributed by atoms with Crippen molar-refractivity contribution in [3.63, 3.8) is 0 Å². The van der Waals surface area contributed by atoms with Gasteiger partial charge in [0.05, 0.1) is 0 Å². The molecule has 0 N–H and O–H groups in total. The van der Waals surface area contributed by atoms with Crippen molar-refractivity contribution in [3.05, 3.63) is 199 Å². The molecule has 1 aromatic heterocycles. The zero-order valence-corrected chi connectivity index (χ0v) is 31.2. The van der Waals surface area contributed by atoms with Crippen LogP contribution < -0.4 is 0 Å². The molecule has 10 rings (SSSR count). The summed E-state index contributed by atoms with van der Waals surface area (Å²) in [5, 5.41) is 7.61. The van der Waals surface area contributed by atoms with E-state index in [1.54, 1.807) is 0 Å². The number of benzene rings is 9. The Balaban J connectivity index is 1.05. The summed E-state index contributed by atoms with van der Waals surface area (Å²) in [6, 6.07) is 67.1. The Hall–Kier alpha value is -7.23. The fourth-order valence-corrected chi connectivity index (χ4v) is 8.11. The fourth-order valence-electron chi connectivity index (χ4n) is 8.11. The first-order valence-electron chi connectivity index (χ1n) is 19.1. The van der Waals surface area contributed by atoms with Gasteiger partial charge in [-0.25, -0.2) is 15.0 Å². The van der Waals surface area contributed by atoms with E-state index in [9.17, 15) is 0 Å². The van der Waals surface area contributed by atoms with Crippen molar-refractivity contribution in [1.82, 2.24) is 15.0 Å². The molecule has 0 atom stereocenters. The van der Waals surface area contributed by atoms with E-state index in [4.69, 9.17) is 15.0 Å². The van der Waals surface area contributed by atoms with Gasteiger partial charge in [-0.05, 0) is 104 Å². The molecular formula is C53H37N3. The minimum Gasteiger partial charge on any atom is -0.208 e. The number of hydrogen-bond acceptors (Lipinski definition) is 3. The second-order valence-corrected chi connectivity index (χ2v) is 14.6. The summed E-state index contributed by atoms with van der Waals surface area (Å²) < 4.78 is 0. The van der Waals surface area contributed by atoms with Crippen LogP contribution in [0.2, 0.25) is 0 Å². The smallest absolute Gasteiger partial charge is 0.164 e. The van der Waals surface area contributed by atoms with Gasteiger partial charge < -0.3 is 0 Å². The molecule has 0 aliphatic rings. The van der Waals surface area contributed by atoms with Gasteiger partial charge >= 0.3 is 0 Å². The van der Waals surface area contributed by atoms with Crippen molar-refractivity contribution < 1.29 is 0 Å². The predicted octanol–water partition coefficient (Wildman–Crippen LogP) is 14.0. The summed E-state index contributed by atoms with van der Waals surface area (Å²) in [7, 11) is 0. The lowest BCUT2D eigenvalue weighted by Gasteiger charge is -2.14. The van der Waals surface area contributed by atoms with Crippen molar-refractivity contribution >= 4 is 32.3 Å². The highest BCUT2D eigenvalue weighted by atomic mass is 15.0. The normalized spacial score (nSPS) is 11.4. The van der Waals surface area contributed by atoms with Gasteiger partial charge in [-0.3, -0.25) is 0 Å². The molecule has 0 fully saturated rings. The van der Waals surface area contributed by atoms with Crippen molar-refractivity contribution in [2.45, 2.75) is 13.8 Å². The Morgan fingerprint density at radius 1 is 0.232 bits per heavy atom. The van der Waals surface area contributed by atoms with E-state index < -0.39 is 0 Å². The highest BCUT2D eigenvalue weighted by Crippen LogP contribution is 2.40. The van der Waals surface area contributed by atoms with Crippen LogP contribution in [0.1, 0.15) is 11.1 Å². The van der Waals surface area contributed by atoms with Crippen LogP contribution in [0.4, 0.5) is 0 Å². The van der Waals surface area contributed by atoms with Crippen LogP contribution in [0.15, 0.2) is 188 Å². The molecule has 0 aliphatic carbocycles. The Morgan fingerprint density at radius 2 is 0.589 bits per heavy atom. The monoisotopic (exact) mass is 715 g/mol. The molecular weight excluding hydrogens is 679 g/mol. The average Bonchev–Trinajstić information content (AvgIpc) is 3.26. The van der Waals surface area contributed by atoms with E-state index in [0.29, 0.717) is 17.5 Å². The first kappa shape index (κ1) is 33.3. The van der Waals surface area contributed by atoms with Crippen LogP contribution in [0.3, 0.4) is 0 Å². The lowest BCUT2D eigenvalue weighted by Crippen LogP contribution is -2.00. The van der Waals surface area contributed by atoms with Crippen LogP contribution in [0.25, 0.3) is 99.9 Å². The molecule has 264 valence electrons. The van der Waals surface area contributed by atoms with Gasteiger partial charge in [0.2, 0.25) is 0 Å². The van der Waals surface area contributed by atoms with Crippen molar-refractivity contribution in [1.29, 1.82) is 0 Å². The molecule has 0 unspecified atom stereocenters. The number of aromatic nitrogens is 3. The van der Waals surface area contributed by atoms with Gasteiger partial charge in [0.25, 0.3) is 0 Å². The average molecular weight is 716 g/mol. The number of fused-ring (bicyclic) bond motifs is 6. The minimum absolute atomic E-state index is 0.644. The summed E-state index contributed by atoms with van der Waals surface area (Å²) >= 11 is 0. The molecule has 3 nitrogen and oxygen atoms in total. The second-order valence-electron chi connectivity index (χ2n) is 14.6. The number of hydrogen-bond donors (Lipinski definition) is 0. The fraction of sp³-hybridized carbons (Fsp3) is 0.0377. The summed E-state index contributed by atoms with van der Waals surface area (Å²) in [6.07, 6.45) is 0. The Kier molecular flexibility index (Phi) is 8.26. The van der Waals surface area contributed by atoms with Crippen molar-refractivity contribution in [3.8, 4) is 67.5 Å². The van der Waals surface area contributed by atoms with Gasteiger partial charge in [-0.1, -0.05) is 175 Å². The first-order valence-corrected chi connectivity index (χ1v) is 19.1. The van der Waals surface area contributed by atoms with E-state index in [1.165, 1.54) is 65.7 Å². The number of rotatable bonds is 6. The Bertz CT molecular complexity index is 3000. The van der Waals surface area contributed by atoms with E-state index >= 15 is 0 Å². The quantitative estimate of drug-likeness (QED) is 0.161. The van der Waals surface area contributed by atoms with Crippen LogP contribution >= 0.6 is 0 Å². The molecule has 9 aromatic carbocycles. The van der Waals surface area contributed by atoms with Gasteiger partial charge in [-0.2, -0.15) is 0 Å². The van der Waals surface area contributed by atoms with Gasteiger partial charge in [-0.15, -0.1) is 0 Å². The molecule has 10 aromatic rings. The summed E-state index contributed by atoms with van der Waals surface area (Å²) in [5.74, 6) is 1.95. The SMILES string of the molecule is Cc1cc(C)cc(-c2ccc3c4ccc(-c5cccc(-c6cccc(-c7nc(-c8ccccc8)nc(-c8ccccc8)n7)c6)c5)cc4c4ccccc4c3c2)c1. The maximum Gasteiger partial charge on any atom is 0.164 e. The molecule has 1 heterocycles. The van der Waals surface area contributed by atoms with E-state index in [0.717, 1.165) is 27.8 Å². The summed E-state index contributed by atoms with van der Waals surface area (Å²) in [4.78, 5) is 14.8. The third-order valence-corrected chi connectivity index (χ3v) is 10.7. The molecule has 0 amide bonds. The number of nitrogens with zero attached hydrogens (tertiary/aromatic N) is 3. The molecule has 0 aliphatic heterocycles. The second kappa shape index (κ2) is 13.9. The zero-order chi connectivity index (χ0) is 37.6. The van der Waals surface area contributed by atoms with E-state index in [2.05, 4.69) is 141 Å². The highest BCUT2D eigenvalue weighted by Gasteiger charge is 2.15. The molecule has 0 bridgehead atoms. The van der Waals surface area contributed by atoms with Crippen LogP contribution in [0.5, 0.6) is 0 Å². The van der Waals surface area contributed by atoms with Crippen LogP contribution in [-0.2, 0) is 0 Å². The predicted molar refractivity (Wildman–Crippen MR) is 234 cm³/mol. The molecule has 0 saturated carbocycles.